The molecule has 17 heavy (non-hydrogen) atoms. The highest BCUT2D eigenvalue weighted by atomic mass is 35.5. The zero-order chi connectivity index (χ0) is 12.8. The number of carbonyl (C=O) groups is 2. The molecule has 1 rings (SSSR count). The molecular formula is C11H11ClFNO3. The number of halogens is 2. The summed E-state index contributed by atoms with van der Waals surface area (Å²) in [6.45, 7) is 0.193. The SMILES string of the molecule is O=C(O)CCC(=O)NCc1ccc(F)c(Cl)c1. The molecular weight excluding hydrogens is 249 g/mol. The van der Waals surface area contributed by atoms with Crippen LogP contribution in [0.2, 0.25) is 5.02 Å². The van der Waals surface area contributed by atoms with Crippen molar-refractivity contribution in [1.82, 2.24) is 5.32 Å². The Labute approximate surface area is 102 Å². The van der Waals surface area contributed by atoms with Crippen LogP contribution < -0.4 is 5.32 Å². The summed E-state index contributed by atoms with van der Waals surface area (Å²) in [7, 11) is 0. The van der Waals surface area contributed by atoms with Crippen LogP contribution in [0.5, 0.6) is 0 Å². The number of hydrogen-bond donors (Lipinski definition) is 2. The van der Waals surface area contributed by atoms with Crippen LogP contribution >= 0.6 is 11.6 Å². The Bertz CT molecular complexity index is 437. The molecule has 0 atom stereocenters. The highest BCUT2D eigenvalue weighted by molar-refractivity contribution is 6.30. The van der Waals surface area contributed by atoms with Crippen LogP contribution in [0.3, 0.4) is 0 Å². The highest BCUT2D eigenvalue weighted by Gasteiger charge is 2.06. The topological polar surface area (TPSA) is 66.4 Å². The summed E-state index contributed by atoms with van der Waals surface area (Å²) in [5, 5.41) is 10.9. The van der Waals surface area contributed by atoms with E-state index >= 15 is 0 Å². The number of aliphatic carboxylic acids is 1. The molecule has 0 aliphatic carbocycles. The van der Waals surface area contributed by atoms with Crippen LogP contribution in [0.15, 0.2) is 18.2 Å². The van der Waals surface area contributed by atoms with Gasteiger partial charge >= 0.3 is 5.97 Å². The molecule has 0 bridgehead atoms. The van der Waals surface area contributed by atoms with Crippen molar-refractivity contribution in [2.45, 2.75) is 19.4 Å². The van der Waals surface area contributed by atoms with Gasteiger partial charge in [-0.3, -0.25) is 9.59 Å². The molecule has 0 saturated carbocycles. The average molecular weight is 260 g/mol. The third kappa shape index (κ3) is 4.82. The van der Waals surface area contributed by atoms with Gasteiger partial charge < -0.3 is 10.4 Å². The third-order valence-corrected chi connectivity index (χ3v) is 2.33. The molecule has 0 radical (unpaired) electrons. The standard InChI is InChI=1S/C11H11ClFNO3/c12-8-5-7(1-2-9(8)13)6-14-10(15)3-4-11(16)17/h1-2,5H,3-4,6H2,(H,14,15)(H,16,17). The van der Waals surface area contributed by atoms with Crippen molar-refractivity contribution in [3.63, 3.8) is 0 Å². The number of hydrogen-bond acceptors (Lipinski definition) is 2. The Kier molecular flexibility index (Phi) is 4.90. The molecule has 0 fully saturated rings. The van der Waals surface area contributed by atoms with Crippen LogP contribution in [-0.2, 0) is 16.1 Å². The number of carboxylic acids is 1. The molecule has 0 spiro atoms. The molecule has 1 amide bonds. The van der Waals surface area contributed by atoms with E-state index in [1.807, 2.05) is 0 Å². The van der Waals surface area contributed by atoms with E-state index in [4.69, 9.17) is 16.7 Å². The van der Waals surface area contributed by atoms with Crippen LogP contribution in [0.1, 0.15) is 18.4 Å². The molecule has 6 heteroatoms. The van der Waals surface area contributed by atoms with E-state index < -0.39 is 11.8 Å². The zero-order valence-corrected chi connectivity index (χ0v) is 9.63. The maximum atomic E-state index is 12.8. The number of amides is 1. The first-order valence-electron chi connectivity index (χ1n) is 4.91. The normalized spacial score (nSPS) is 10.0. The summed E-state index contributed by atoms with van der Waals surface area (Å²) in [5.41, 5.74) is 0.653. The Morgan fingerprint density at radius 2 is 2.06 bits per heavy atom. The van der Waals surface area contributed by atoms with Crippen molar-refractivity contribution in [2.24, 2.45) is 0 Å². The Balaban J connectivity index is 2.42. The number of benzene rings is 1. The minimum absolute atomic E-state index is 0.0118. The van der Waals surface area contributed by atoms with Crippen molar-refractivity contribution in [2.75, 3.05) is 0 Å². The molecule has 1 aromatic carbocycles. The van der Waals surface area contributed by atoms with Crippen molar-refractivity contribution in [3.05, 3.63) is 34.6 Å². The Hall–Kier alpha value is -1.62. The van der Waals surface area contributed by atoms with Gasteiger partial charge in [-0.05, 0) is 17.7 Å². The molecule has 0 aromatic heterocycles. The molecule has 0 aliphatic heterocycles. The fraction of sp³-hybridized carbons (Fsp3) is 0.273. The fourth-order valence-electron chi connectivity index (χ4n) is 1.16. The average Bonchev–Trinajstić information content (AvgIpc) is 2.28. The largest absolute Gasteiger partial charge is 0.481 e. The van der Waals surface area contributed by atoms with Gasteiger partial charge in [-0.25, -0.2) is 4.39 Å². The van der Waals surface area contributed by atoms with Crippen molar-refractivity contribution < 1.29 is 19.1 Å². The third-order valence-electron chi connectivity index (χ3n) is 2.04. The van der Waals surface area contributed by atoms with E-state index in [-0.39, 0.29) is 30.3 Å². The van der Waals surface area contributed by atoms with Gasteiger partial charge in [-0.2, -0.15) is 0 Å². The van der Waals surface area contributed by atoms with Gasteiger partial charge in [0, 0.05) is 13.0 Å². The lowest BCUT2D eigenvalue weighted by Crippen LogP contribution is -2.23. The maximum Gasteiger partial charge on any atom is 0.303 e. The van der Waals surface area contributed by atoms with Gasteiger partial charge in [0.15, 0.2) is 0 Å². The van der Waals surface area contributed by atoms with E-state index in [0.717, 1.165) is 0 Å². The molecule has 4 nitrogen and oxygen atoms in total. The first-order valence-corrected chi connectivity index (χ1v) is 5.29. The van der Waals surface area contributed by atoms with E-state index in [9.17, 15) is 14.0 Å². The van der Waals surface area contributed by atoms with E-state index in [1.54, 1.807) is 0 Å². The molecule has 92 valence electrons. The second-order valence-corrected chi connectivity index (χ2v) is 3.83. The summed E-state index contributed by atoms with van der Waals surface area (Å²) in [4.78, 5) is 21.4. The molecule has 2 N–H and O–H groups in total. The summed E-state index contributed by atoms with van der Waals surface area (Å²) in [6.07, 6.45) is -0.291. The van der Waals surface area contributed by atoms with E-state index in [1.165, 1.54) is 18.2 Å². The van der Waals surface area contributed by atoms with Gasteiger partial charge in [0.05, 0.1) is 11.4 Å². The second-order valence-electron chi connectivity index (χ2n) is 3.42. The number of carboxylic acid groups (broad SMARTS) is 1. The summed E-state index contributed by atoms with van der Waals surface area (Å²) < 4.78 is 12.8. The predicted molar refractivity (Wildman–Crippen MR) is 60.1 cm³/mol. The summed E-state index contributed by atoms with van der Waals surface area (Å²) in [5.74, 6) is -1.91. The number of rotatable bonds is 5. The molecule has 0 heterocycles. The minimum atomic E-state index is -1.02. The van der Waals surface area contributed by atoms with E-state index in [0.29, 0.717) is 5.56 Å². The number of carbonyl (C=O) groups excluding carboxylic acids is 1. The van der Waals surface area contributed by atoms with E-state index in [2.05, 4.69) is 5.32 Å². The van der Waals surface area contributed by atoms with Crippen LogP contribution in [0.4, 0.5) is 4.39 Å². The zero-order valence-electron chi connectivity index (χ0n) is 8.87. The van der Waals surface area contributed by atoms with Crippen LogP contribution in [-0.4, -0.2) is 17.0 Å². The van der Waals surface area contributed by atoms with Crippen molar-refractivity contribution >= 4 is 23.5 Å². The van der Waals surface area contributed by atoms with Crippen LogP contribution in [0.25, 0.3) is 0 Å². The lowest BCUT2D eigenvalue weighted by molar-refractivity contribution is -0.138. The Morgan fingerprint density at radius 3 is 2.65 bits per heavy atom. The van der Waals surface area contributed by atoms with Gasteiger partial charge in [0.25, 0.3) is 0 Å². The molecule has 0 aliphatic rings. The highest BCUT2D eigenvalue weighted by Crippen LogP contribution is 2.15. The molecule has 0 saturated heterocycles. The van der Waals surface area contributed by atoms with Crippen molar-refractivity contribution in [3.8, 4) is 0 Å². The maximum absolute atomic E-state index is 12.8. The second kappa shape index (κ2) is 6.20. The number of nitrogens with one attached hydrogen (secondary N) is 1. The first-order chi connectivity index (χ1) is 7.99. The lowest BCUT2D eigenvalue weighted by atomic mass is 10.2. The minimum Gasteiger partial charge on any atom is -0.481 e. The molecule has 1 aromatic rings. The van der Waals surface area contributed by atoms with Gasteiger partial charge in [0.1, 0.15) is 5.82 Å². The van der Waals surface area contributed by atoms with Crippen molar-refractivity contribution in [1.29, 1.82) is 0 Å². The van der Waals surface area contributed by atoms with Gasteiger partial charge in [0.2, 0.25) is 5.91 Å². The van der Waals surface area contributed by atoms with Gasteiger partial charge in [-0.15, -0.1) is 0 Å². The monoisotopic (exact) mass is 259 g/mol. The summed E-state index contributed by atoms with van der Waals surface area (Å²) >= 11 is 5.57. The quantitative estimate of drug-likeness (QED) is 0.849. The smallest absolute Gasteiger partial charge is 0.303 e. The van der Waals surface area contributed by atoms with Gasteiger partial charge in [-0.1, -0.05) is 17.7 Å². The Morgan fingerprint density at radius 1 is 1.35 bits per heavy atom. The lowest BCUT2D eigenvalue weighted by Gasteiger charge is -2.05. The summed E-state index contributed by atoms with van der Waals surface area (Å²) in [6, 6.07) is 4.12. The first kappa shape index (κ1) is 13.4. The predicted octanol–water partition coefficient (Wildman–Crippen LogP) is 1.96. The molecule has 0 unspecified atom stereocenters. The fourth-order valence-corrected chi connectivity index (χ4v) is 1.36. The van der Waals surface area contributed by atoms with Crippen LogP contribution in [0, 0.1) is 5.82 Å².